The standard InChI is InChI=1S/C7H12/c1-4-6-7(3)5-2/h5-6H,2,4H2,1,3H3/b7-6-. The van der Waals surface area contributed by atoms with E-state index in [1.165, 1.54) is 5.57 Å². The molecule has 0 saturated heterocycles. The van der Waals surface area contributed by atoms with Crippen LogP contribution in [-0.4, -0.2) is 0 Å². The predicted molar refractivity (Wildman–Crippen MR) is 34.2 cm³/mol. The van der Waals surface area contributed by atoms with Crippen LogP contribution in [-0.2, 0) is 0 Å². The largest absolute Gasteiger partial charge is 0.0988 e. The molecule has 0 amide bonds. The molecule has 0 aliphatic carbocycles. The van der Waals surface area contributed by atoms with Gasteiger partial charge in [0, 0.05) is 0 Å². The van der Waals surface area contributed by atoms with Crippen LogP contribution in [0.4, 0.5) is 0 Å². The van der Waals surface area contributed by atoms with Gasteiger partial charge in [0.1, 0.15) is 0 Å². The summed E-state index contributed by atoms with van der Waals surface area (Å²) in [6, 6.07) is 0. The molecule has 0 rings (SSSR count). The van der Waals surface area contributed by atoms with Gasteiger partial charge in [-0.1, -0.05) is 31.2 Å². The molecule has 0 aromatic heterocycles. The molecule has 0 heterocycles. The zero-order chi connectivity index (χ0) is 5.70. The fourth-order valence-corrected chi connectivity index (χ4v) is 0.405. The lowest BCUT2D eigenvalue weighted by Gasteiger charge is -1.83. The van der Waals surface area contributed by atoms with Gasteiger partial charge in [-0.25, -0.2) is 0 Å². The van der Waals surface area contributed by atoms with Gasteiger partial charge in [-0.15, -0.1) is 0 Å². The van der Waals surface area contributed by atoms with Crippen molar-refractivity contribution in [2.45, 2.75) is 20.3 Å². The predicted octanol–water partition coefficient (Wildman–Crippen LogP) is 2.53. The fraction of sp³-hybridized carbons (Fsp3) is 0.429. The first-order chi connectivity index (χ1) is 3.31. The number of hydrogen-bond acceptors (Lipinski definition) is 0. The summed E-state index contributed by atoms with van der Waals surface area (Å²) in [6.45, 7) is 7.78. The molecule has 0 aromatic carbocycles. The summed E-state index contributed by atoms with van der Waals surface area (Å²) in [6.07, 6.45) is 5.12. The third-order valence-electron chi connectivity index (χ3n) is 0.848. The van der Waals surface area contributed by atoms with Crippen LogP contribution < -0.4 is 0 Å². The van der Waals surface area contributed by atoms with Crippen molar-refractivity contribution in [3.05, 3.63) is 24.3 Å². The van der Waals surface area contributed by atoms with Crippen LogP contribution in [0.15, 0.2) is 24.3 Å². The van der Waals surface area contributed by atoms with Gasteiger partial charge in [0.2, 0.25) is 0 Å². The molecule has 0 saturated carbocycles. The third kappa shape index (κ3) is 3.31. The summed E-state index contributed by atoms with van der Waals surface area (Å²) in [5, 5.41) is 0. The molecular formula is C7H12. The van der Waals surface area contributed by atoms with Crippen molar-refractivity contribution in [1.29, 1.82) is 0 Å². The molecule has 0 aliphatic rings. The van der Waals surface area contributed by atoms with Gasteiger partial charge in [0.05, 0.1) is 0 Å². The van der Waals surface area contributed by atoms with Crippen LogP contribution in [0.5, 0.6) is 0 Å². The van der Waals surface area contributed by atoms with Crippen LogP contribution in [0.3, 0.4) is 0 Å². The number of rotatable bonds is 2. The Kier molecular flexibility index (Phi) is 3.39. The highest BCUT2D eigenvalue weighted by molar-refractivity contribution is 5.11. The SMILES string of the molecule is C=C/C(C)=C\CC. The van der Waals surface area contributed by atoms with Crippen LogP contribution in [0, 0.1) is 0 Å². The molecule has 0 N–H and O–H groups in total. The Morgan fingerprint density at radius 2 is 2.29 bits per heavy atom. The Bertz CT molecular complexity index is 78.0. The van der Waals surface area contributed by atoms with E-state index in [4.69, 9.17) is 0 Å². The first kappa shape index (κ1) is 6.48. The summed E-state index contributed by atoms with van der Waals surface area (Å²) >= 11 is 0. The molecule has 0 nitrogen and oxygen atoms in total. The first-order valence-electron chi connectivity index (χ1n) is 2.60. The topological polar surface area (TPSA) is 0 Å². The second-order valence-electron chi connectivity index (χ2n) is 1.56. The van der Waals surface area contributed by atoms with Crippen LogP contribution in [0.25, 0.3) is 0 Å². The summed E-state index contributed by atoms with van der Waals surface area (Å²) in [4.78, 5) is 0. The van der Waals surface area contributed by atoms with Gasteiger partial charge in [-0.05, 0) is 13.3 Å². The maximum Gasteiger partial charge on any atom is -0.0374 e. The van der Waals surface area contributed by atoms with E-state index in [0.29, 0.717) is 0 Å². The zero-order valence-electron chi connectivity index (χ0n) is 5.07. The number of allylic oxidation sites excluding steroid dienone is 3. The van der Waals surface area contributed by atoms with Crippen molar-refractivity contribution in [3.63, 3.8) is 0 Å². The van der Waals surface area contributed by atoms with Crippen molar-refractivity contribution >= 4 is 0 Å². The minimum absolute atomic E-state index is 1.11. The van der Waals surface area contributed by atoms with Gasteiger partial charge in [-0.2, -0.15) is 0 Å². The van der Waals surface area contributed by atoms with E-state index in [1.807, 2.05) is 6.08 Å². The van der Waals surface area contributed by atoms with Crippen molar-refractivity contribution in [3.8, 4) is 0 Å². The molecular weight excluding hydrogens is 84.1 g/mol. The second kappa shape index (κ2) is 3.66. The second-order valence-corrected chi connectivity index (χ2v) is 1.56. The lowest BCUT2D eigenvalue weighted by atomic mass is 10.2. The maximum atomic E-state index is 3.61. The average Bonchev–Trinajstić information content (AvgIpc) is 1.68. The van der Waals surface area contributed by atoms with Gasteiger partial charge in [0.15, 0.2) is 0 Å². The monoisotopic (exact) mass is 96.1 g/mol. The summed E-state index contributed by atoms with van der Waals surface area (Å²) in [5.41, 5.74) is 1.27. The van der Waals surface area contributed by atoms with E-state index >= 15 is 0 Å². The number of hydrogen-bond donors (Lipinski definition) is 0. The van der Waals surface area contributed by atoms with E-state index in [1.54, 1.807) is 0 Å². The van der Waals surface area contributed by atoms with Crippen LogP contribution in [0.2, 0.25) is 0 Å². The fourth-order valence-electron chi connectivity index (χ4n) is 0.405. The van der Waals surface area contributed by atoms with E-state index in [9.17, 15) is 0 Å². The molecule has 7 heavy (non-hydrogen) atoms. The molecule has 0 unspecified atom stereocenters. The smallest absolute Gasteiger partial charge is 0.0374 e. The Labute approximate surface area is 45.5 Å². The highest BCUT2D eigenvalue weighted by Crippen LogP contribution is 1.92. The molecule has 0 aliphatic heterocycles. The van der Waals surface area contributed by atoms with Crippen molar-refractivity contribution in [2.75, 3.05) is 0 Å². The lowest BCUT2D eigenvalue weighted by molar-refractivity contribution is 1.20. The van der Waals surface area contributed by atoms with E-state index in [0.717, 1.165) is 6.42 Å². The quantitative estimate of drug-likeness (QED) is 0.463. The molecule has 0 spiro atoms. The molecule has 0 aromatic rings. The lowest BCUT2D eigenvalue weighted by Crippen LogP contribution is -1.62. The van der Waals surface area contributed by atoms with Gasteiger partial charge < -0.3 is 0 Å². The highest BCUT2D eigenvalue weighted by atomic mass is 13.8. The Balaban J connectivity index is 3.49. The van der Waals surface area contributed by atoms with Gasteiger partial charge >= 0.3 is 0 Å². The third-order valence-corrected chi connectivity index (χ3v) is 0.848. The molecule has 40 valence electrons. The van der Waals surface area contributed by atoms with E-state index in [-0.39, 0.29) is 0 Å². The van der Waals surface area contributed by atoms with Crippen LogP contribution >= 0.6 is 0 Å². The Hall–Kier alpha value is -0.520. The average molecular weight is 96.2 g/mol. The summed E-state index contributed by atoms with van der Waals surface area (Å²) < 4.78 is 0. The summed E-state index contributed by atoms with van der Waals surface area (Å²) in [7, 11) is 0. The van der Waals surface area contributed by atoms with E-state index in [2.05, 4.69) is 26.5 Å². The van der Waals surface area contributed by atoms with Crippen molar-refractivity contribution in [2.24, 2.45) is 0 Å². The minimum Gasteiger partial charge on any atom is -0.0988 e. The van der Waals surface area contributed by atoms with Gasteiger partial charge in [-0.3, -0.25) is 0 Å². The van der Waals surface area contributed by atoms with E-state index < -0.39 is 0 Å². The normalized spacial score (nSPS) is 11.4. The van der Waals surface area contributed by atoms with Crippen LogP contribution in [0.1, 0.15) is 20.3 Å². The Morgan fingerprint density at radius 3 is 2.43 bits per heavy atom. The first-order valence-corrected chi connectivity index (χ1v) is 2.60. The molecule has 0 atom stereocenters. The molecule has 0 bridgehead atoms. The van der Waals surface area contributed by atoms with Crippen molar-refractivity contribution in [1.82, 2.24) is 0 Å². The van der Waals surface area contributed by atoms with Gasteiger partial charge in [0.25, 0.3) is 0 Å². The maximum absolute atomic E-state index is 3.61. The molecule has 0 fully saturated rings. The molecule has 0 heteroatoms. The van der Waals surface area contributed by atoms with Crippen molar-refractivity contribution < 1.29 is 0 Å². The molecule has 0 radical (unpaired) electrons. The minimum atomic E-state index is 1.11. The summed E-state index contributed by atoms with van der Waals surface area (Å²) in [5.74, 6) is 0. The highest BCUT2D eigenvalue weighted by Gasteiger charge is 1.71. The zero-order valence-corrected chi connectivity index (χ0v) is 5.07. The Morgan fingerprint density at radius 1 is 1.71 bits per heavy atom.